The first-order valence-corrected chi connectivity index (χ1v) is 6.57. The van der Waals surface area contributed by atoms with Crippen LogP contribution in [0.2, 0.25) is 0 Å². The van der Waals surface area contributed by atoms with E-state index in [1.54, 1.807) is 0 Å². The predicted molar refractivity (Wildman–Crippen MR) is 67.8 cm³/mol. The number of unbranched alkanes of at least 4 members (excludes halogenated alkanes) is 4. The lowest BCUT2D eigenvalue weighted by atomic mass is 10.1. The van der Waals surface area contributed by atoms with Crippen LogP contribution in [0, 0.1) is 5.92 Å². The molecule has 0 aromatic carbocycles. The van der Waals surface area contributed by atoms with Crippen molar-refractivity contribution in [1.29, 1.82) is 0 Å². The Labute approximate surface area is 104 Å². The average Bonchev–Trinajstić information content (AvgIpc) is 2.30. The fourth-order valence-electron chi connectivity index (χ4n) is 1.50. The standard InChI is InChI=1S/C13H25NO3/c1-3-11(2)13(17)14-10-8-6-4-5-7-9-12(15)16/h11H,3-10H2,1-2H3,(H,14,17)(H,15,16). The van der Waals surface area contributed by atoms with Gasteiger partial charge in [-0.2, -0.15) is 0 Å². The molecule has 100 valence electrons. The smallest absolute Gasteiger partial charge is 0.303 e. The zero-order valence-electron chi connectivity index (χ0n) is 11.0. The van der Waals surface area contributed by atoms with Crippen molar-refractivity contribution in [2.45, 2.75) is 58.8 Å². The maximum atomic E-state index is 11.4. The van der Waals surface area contributed by atoms with Gasteiger partial charge in [-0.15, -0.1) is 0 Å². The van der Waals surface area contributed by atoms with E-state index in [0.29, 0.717) is 0 Å². The maximum absolute atomic E-state index is 11.4. The summed E-state index contributed by atoms with van der Waals surface area (Å²) in [6.45, 7) is 4.68. The van der Waals surface area contributed by atoms with Crippen LogP contribution in [0.3, 0.4) is 0 Å². The van der Waals surface area contributed by atoms with Crippen molar-refractivity contribution in [2.75, 3.05) is 6.54 Å². The fourth-order valence-corrected chi connectivity index (χ4v) is 1.50. The first-order chi connectivity index (χ1) is 8.07. The second kappa shape index (κ2) is 10.1. The molecule has 0 heterocycles. The third-order valence-corrected chi connectivity index (χ3v) is 2.93. The van der Waals surface area contributed by atoms with Crippen LogP contribution in [0.15, 0.2) is 0 Å². The number of carbonyl (C=O) groups is 2. The Morgan fingerprint density at radius 3 is 2.29 bits per heavy atom. The molecule has 0 aliphatic heterocycles. The summed E-state index contributed by atoms with van der Waals surface area (Å²) in [6.07, 6.45) is 5.95. The van der Waals surface area contributed by atoms with E-state index in [0.717, 1.165) is 45.1 Å². The van der Waals surface area contributed by atoms with Gasteiger partial charge in [0.1, 0.15) is 0 Å². The highest BCUT2D eigenvalue weighted by Crippen LogP contribution is 2.05. The zero-order valence-corrected chi connectivity index (χ0v) is 11.0. The molecule has 0 radical (unpaired) electrons. The molecule has 0 spiro atoms. The van der Waals surface area contributed by atoms with Crippen LogP contribution < -0.4 is 5.32 Å². The Morgan fingerprint density at radius 1 is 1.12 bits per heavy atom. The molecule has 0 saturated heterocycles. The second-order valence-corrected chi connectivity index (χ2v) is 4.51. The number of carboxylic acid groups (broad SMARTS) is 1. The summed E-state index contributed by atoms with van der Waals surface area (Å²) in [5, 5.41) is 11.4. The predicted octanol–water partition coefficient (Wildman–Crippen LogP) is 2.57. The van der Waals surface area contributed by atoms with Gasteiger partial charge in [0.15, 0.2) is 0 Å². The molecular weight excluding hydrogens is 218 g/mol. The molecular formula is C13H25NO3. The van der Waals surface area contributed by atoms with Gasteiger partial charge >= 0.3 is 5.97 Å². The van der Waals surface area contributed by atoms with E-state index < -0.39 is 5.97 Å². The van der Waals surface area contributed by atoms with Crippen molar-refractivity contribution in [2.24, 2.45) is 5.92 Å². The normalized spacial score (nSPS) is 12.1. The van der Waals surface area contributed by atoms with Gasteiger partial charge in [-0.25, -0.2) is 0 Å². The SMILES string of the molecule is CCC(C)C(=O)NCCCCCCCC(=O)O. The van der Waals surface area contributed by atoms with E-state index in [9.17, 15) is 9.59 Å². The quantitative estimate of drug-likeness (QED) is 0.579. The molecule has 0 rings (SSSR count). The Hall–Kier alpha value is -1.06. The lowest BCUT2D eigenvalue weighted by Crippen LogP contribution is -2.29. The highest BCUT2D eigenvalue weighted by molar-refractivity contribution is 5.78. The first-order valence-electron chi connectivity index (χ1n) is 6.57. The van der Waals surface area contributed by atoms with Crippen LogP contribution in [0.4, 0.5) is 0 Å². The molecule has 0 aromatic rings. The van der Waals surface area contributed by atoms with Crippen molar-refractivity contribution < 1.29 is 14.7 Å². The largest absolute Gasteiger partial charge is 0.481 e. The number of rotatable bonds is 10. The summed E-state index contributed by atoms with van der Waals surface area (Å²) in [7, 11) is 0. The Kier molecular flexibility index (Phi) is 9.49. The molecule has 0 aliphatic rings. The molecule has 17 heavy (non-hydrogen) atoms. The van der Waals surface area contributed by atoms with Crippen molar-refractivity contribution >= 4 is 11.9 Å². The number of carboxylic acids is 1. The van der Waals surface area contributed by atoms with E-state index in [2.05, 4.69) is 5.32 Å². The molecule has 1 unspecified atom stereocenters. The summed E-state index contributed by atoms with van der Waals surface area (Å²) >= 11 is 0. The van der Waals surface area contributed by atoms with Crippen LogP contribution >= 0.6 is 0 Å². The molecule has 0 bridgehead atoms. The Balaban J connectivity index is 3.24. The van der Waals surface area contributed by atoms with Gasteiger partial charge < -0.3 is 10.4 Å². The molecule has 1 atom stereocenters. The third-order valence-electron chi connectivity index (χ3n) is 2.93. The van der Waals surface area contributed by atoms with Gasteiger partial charge in [0, 0.05) is 18.9 Å². The van der Waals surface area contributed by atoms with Gasteiger partial charge in [0.2, 0.25) is 5.91 Å². The van der Waals surface area contributed by atoms with Crippen molar-refractivity contribution in [3.63, 3.8) is 0 Å². The molecule has 1 amide bonds. The topological polar surface area (TPSA) is 66.4 Å². The number of aliphatic carboxylic acids is 1. The lowest BCUT2D eigenvalue weighted by molar-refractivity contribution is -0.137. The summed E-state index contributed by atoms with van der Waals surface area (Å²) in [5.74, 6) is -0.477. The molecule has 2 N–H and O–H groups in total. The summed E-state index contributed by atoms with van der Waals surface area (Å²) in [4.78, 5) is 21.7. The number of hydrogen-bond donors (Lipinski definition) is 2. The van der Waals surface area contributed by atoms with Crippen LogP contribution in [0.1, 0.15) is 58.8 Å². The van der Waals surface area contributed by atoms with E-state index in [1.165, 1.54) is 0 Å². The van der Waals surface area contributed by atoms with Crippen LogP contribution in [0.25, 0.3) is 0 Å². The van der Waals surface area contributed by atoms with Gasteiger partial charge in [0.25, 0.3) is 0 Å². The summed E-state index contributed by atoms with van der Waals surface area (Å²) in [5.41, 5.74) is 0. The number of amides is 1. The highest BCUT2D eigenvalue weighted by atomic mass is 16.4. The van der Waals surface area contributed by atoms with Crippen LogP contribution in [-0.4, -0.2) is 23.5 Å². The number of carbonyl (C=O) groups excluding carboxylic acids is 1. The van der Waals surface area contributed by atoms with E-state index in [4.69, 9.17) is 5.11 Å². The Morgan fingerprint density at radius 2 is 1.71 bits per heavy atom. The molecule has 0 aliphatic carbocycles. The van der Waals surface area contributed by atoms with Gasteiger partial charge in [-0.3, -0.25) is 9.59 Å². The van der Waals surface area contributed by atoms with Crippen molar-refractivity contribution in [3.05, 3.63) is 0 Å². The third kappa shape index (κ3) is 9.85. The number of hydrogen-bond acceptors (Lipinski definition) is 2. The second-order valence-electron chi connectivity index (χ2n) is 4.51. The minimum atomic E-state index is -0.717. The molecule has 0 saturated carbocycles. The first kappa shape index (κ1) is 15.9. The monoisotopic (exact) mass is 243 g/mol. The van der Waals surface area contributed by atoms with Gasteiger partial charge in [0.05, 0.1) is 0 Å². The number of nitrogens with one attached hydrogen (secondary N) is 1. The van der Waals surface area contributed by atoms with E-state index in [1.807, 2.05) is 13.8 Å². The Bertz CT molecular complexity index is 229. The average molecular weight is 243 g/mol. The van der Waals surface area contributed by atoms with Gasteiger partial charge in [-0.05, 0) is 19.3 Å². The van der Waals surface area contributed by atoms with Crippen LogP contribution in [0.5, 0.6) is 0 Å². The molecule has 0 aromatic heterocycles. The minimum Gasteiger partial charge on any atom is -0.481 e. The zero-order chi connectivity index (χ0) is 13.1. The molecule has 4 heteroatoms. The van der Waals surface area contributed by atoms with Crippen LogP contribution in [-0.2, 0) is 9.59 Å². The molecule has 0 fully saturated rings. The minimum absolute atomic E-state index is 0.102. The van der Waals surface area contributed by atoms with Gasteiger partial charge in [-0.1, -0.05) is 33.1 Å². The fraction of sp³-hybridized carbons (Fsp3) is 0.846. The van der Waals surface area contributed by atoms with E-state index >= 15 is 0 Å². The highest BCUT2D eigenvalue weighted by Gasteiger charge is 2.08. The molecule has 4 nitrogen and oxygen atoms in total. The lowest BCUT2D eigenvalue weighted by Gasteiger charge is -2.09. The maximum Gasteiger partial charge on any atom is 0.303 e. The van der Waals surface area contributed by atoms with Crippen molar-refractivity contribution in [3.8, 4) is 0 Å². The summed E-state index contributed by atoms with van der Waals surface area (Å²) < 4.78 is 0. The summed E-state index contributed by atoms with van der Waals surface area (Å²) in [6, 6.07) is 0. The van der Waals surface area contributed by atoms with E-state index in [-0.39, 0.29) is 18.2 Å². The van der Waals surface area contributed by atoms with Crippen molar-refractivity contribution in [1.82, 2.24) is 5.32 Å².